The van der Waals surface area contributed by atoms with Gasteiger partial charge in [-0.3, -0.25) is 14.9 Å². The number of aromatic nitrogens is 3. The maximum absolute atomic E-state index is 13.1. The first-order valence-electron chi connectivity index (χ1n) is 10.6. The standard InChI is InChI=1S/C23H18N6O2S/c30-20-17(15-9-25-22-13(15)5-6-32-22)18(21(31)28-20)19-14-3-1-2-4-16(14)26-23(27-19)29-10-11-7-12(29)8-24-11/h1-6,9,11-12,24-25H,7-8,10H2,(H,28,30,31)/t11-,12-/m1/s1. The molecule has 2 bridgehead atoms. The van der Waals surface area contributed by atoms with Gasteiger partial charge in [0.2, 0.25) is 5.95 Å². The van der Waals surface area contributed by atoms with E-state index in [4.69, 9.17) is 9.97 Å². The van der Waals surface area contributed by atoms with E-state index in [1.165, 1.54) is 0 Å². The summed E-state index contributed by atoms with van der Waals surface area (Å²) >= 11 is 1.56. The van der Waals surface area contributed by atoms with Crippen LogP contribution in [0, 0.1) is 0 Å². The van der Waals surface area contributed by atoms with Crippen LogP contribution >= 0.6 is 11.3 Å². The summed E-state index contributed by atoms with van der Waals surface area (Å²) in [6.07, 6.45) is 2.86. The summed E-state index contributed by atoms with van der Waals surface area (Å²) in [6, 6.07) is 10.4. The predicted molar refractivity (Wildman–Crippen MR) is 123 cm³/mol. The third-order valence-electron chi connectivity index (χ3n) is 6.65. The number of nitrogens with zero attached hydrogens (tertiary/aromatic N) is 3. The minimum absolute atomic E-state index is 0.310. The number of anilines is 1. The van der Waals surface area contributed by atoms with Crippen molar-refractivity contribution in [1.29, 1.82) is 0 Å². The lowest BCUT2D eigenvalue weighted by atomic mass is 9.97. The molecule has 6 heterocycles. The van der Waals surface area contributed by atoms with Crippen LogP contribution in [0.2, 0.25) is 0 Å². The molecule has 3 N–H and O–H groups in total. The maximum atomic E-state index is 13.1. The van der Waals surface area contributed by atoms with Gasteiger partial charge in [-0.15, -0.1) is 11.3 Å². The number of rotatable bonds is 3. The number of para-hydroxylation sites is 1. The van der Waals surface area contributed by atoms with Crippen molar-refractivity contribution >= 4 is 61.4 Å². The molecular formula is C23H18N6O2S. The number of piperazine rings is 1. The lowest BCUT2D eigenvalue weighted by Gasteiger charge is -2.28. The van der Waals surface area contributed by atoms with Gasteiger partial charge >= 0.3 is 0 Å². The number of amides is 2. The van der Waals surface area contributed by atoms with E-state index in [9.17, 15) is 9.59 Å². The lowest BCUT2D eigenvalue weighted by Crippen LogP contribution is -2.44. The summed E-state index contributed by atoms with van der Waals surface area (Å²) in [6.45, 7) is 1.75. The normalized spacial score (nSPS) is 22.7. The molecule has 2 saturated heterocycles. The molecule has 3 aromatic heterocycles. The van der Waals surface area contributed by atoms with Gasteiger partial charge in [-0.05, 0) is 23.9 Å². The Hall–Kier alpha value is -3.56. The van der Waals surface area contributed by atoms with Crippen molar-refractivity contribution in [2.75, 3.05) is 18.0 Å². The number of benzene rings is 1. The molecule has 8 nitrogen and oxygen atoms in total. The minimum Gasteiger partial charge on any atom is -0.352 e. The van der Waals surface area contributed by atoms with Crippen LogP contribution in [0.1, 0.15) is 17.7 Å². The van der Waals surface area contributed by atoms with E-state index in [1.54, 1.807) is 17.5 Å². The van der Waals surface area contributed by atoms with Crippen molar-refractivity contribution in [3.05, 3.63) is 53.2 Å². The second-order valence-corrected chi connectivity index (χ2v) is 9.35. The fourth-order valence-electron chi connectivity index (χ4n) is 5.18. The van der Waals surface area contributed by atoms with E-state index >= 15 is 0 Å². The fourth-order valence-corrected chi connectivity index (χ4v) is 5.95. The van der Waals surface area contributed by atoms with Crippen LogP contribution in [0.4, 0.5) is 5.95 Å². The molecule has 2 amide bonds. The van der Waals surface area contributed by atoms with Crippen molar-refractivity contribution in [3.63, 3.8) is 0 Å². The number of thiophene rings is 1. The van der Waals surface area contributed by atoms with E-state index in [0.717, 1.165) is 40.6 Å². The van der Waals surface area contributed by atoms with Gasteiger partial charge < -0.3 is 15.2 Å². The summed E-state index contributed by atoms with van der Waals surface area (Å²) in [5.74, 6) is -0.207. The Morgan fingerprint density at radius 1 is 1.03 bits per heavy atom. The number of carbonyl (C=O) groups excluding carboxylic acids is 2. The molecule has 0 saturated carbocycles. The van der Waals surface area contributed by atoms with Gasteiger partial charge in [-0.25, -0.2) is 9.97 Å². The highest BCUT2D eigenvalue weighted by molar-refractivity contribution is 7.16. The van der Waals surface area contributed by atoms with Crippen LogP contribution in [0.5, 0.6) is 0 Å². The Morgan fingerprint density at radius 2 is 1.91 bits per heavy atom. The van der Waals surface area contributed by atoms with E-state index in [0.29, 0.717) is 40.4 Å². The molecule has 9 heteroatoms. The molecule has 1 aromatic carbocycles. The second kappa shape index (κ2) is 6.47. The van der Waals surface area contributed by atoms with Crippen molar-refractivity contribution in [2.24, 2.45) is 0 Å². The number of fused-ring (bicyclic) bond motifs is 4. The quantitative estimate of drug-likeness (QED) is 0.421. The van der Waals surface area contributed by atoms with Crippen molar-refractivity contribution in [2.45, 2.75) is 18.5 Å². The Bertz CT molecular complexity index is 1480. The fraction of sp³-hybridized carbons (Fsp3) is 0.217. The molecule has 3 aliphatic heterocycles. The van der Waals surface area contributed by atoms with Crippen LogP contribution in [-0.4, -0.2) is 51.9 Å². The molecule has 3 aliphatic rings. The maximum Gasteiger partial charge on any atom is 0.261 e. The zero-order valence-corrected chi connectivity index (χ0v) is 17.7. The third kappa shape index (κ3) is 2.46. The van der Waals surface area contributed by atoms with Gasteiger partial charge in [0.25, 0.3) is 11.8 Å². The van der Waals surface area contributed by atoms with E-state index in [-0.39, 0.29) is 0 Å². The second-order valence-electron chi connectivity index (χ2n) is 8.44. The van der Waals surface area contributed by atoms with E-state index in [1.807, 2.05) is 35.7 Å². The zero-order chi connectivity index (χ0) is 21.4. The molecule has 158 valence electrons. The van der Waals surface area contributed by atoms with Gasteiger partial charge in [0.05, 0.1) is 22.4 Å². The van der Waals surface area contributed by atoms with Gasteiger partial charge in [0.1, 0.15) is 4.83 Å². The van der Waals surface area contributed by atoms with Crippen molar-refractivity contribution < 1.29 is 9.59 Å². The Balaban J connectivity index is 1.50. The highest BCUT2D eigenvalue weighted by atomic mass is 32.1. The monoisotopic (exact) mass is 442 g/mol. The molecule has 32 heavy (non-hydrogen) atoms. The first-order chi connectivity index (χ1) is 15.7. The number of hydrogen-bond donors (Lipinski definition) is 3. The number of aromatic amines is 1. The zero-order valence-electron chi connectivity index (χ0n) is 16.9. The number of H-pyrrole nitrogens is 1. The number of nitrogens with one attached hydrogen (secondary N) is 3. The van der Waals surface area contributed by atoms with Gasteiger partial charge in [0.15, 0.2) is 0 Å². The average molecular weight is 443 g/mol. The molecule has 0 radical (unpaired) electrons. The molecule has 2 atom stereocenters. The Kier molecular flexibility index (Phi) is 3.65. The smallest absolute Gasteiger partial charge is 0.261 e. The van der Waals surface area contributed by atoms with Crippen molar-refractivity contribution in [1.82, 2.24) is 25.6 Å². The molecule has 2 fully saturated rings. The molecule has 0 unspecified atom stereocenters. The Morgan fingerprint density at radius 3 is 2.75 bits per heavy atom. The summed E-state index contributed by atoms with van der Waals surface area (Å²) < 4.78 is 0. The molecule has 0 aliphatic carbocycles. The molecule has 0 spiro atoms. The molecule has 7 rings (SSSR count). The largest absolute Gasteiger partial charge is 0.352 e. The summed E-state index contributed by atoms with van der Waals surface area (Å²) in [5, 5.41) is 9.64. The van der Waals surface area contributed by atoms with Crippen LogP contribution < -0.4 is 15.5 Å². The summed E-state index contributed by atoms with van der Waals surface area (Å²) in [4.78, 5) is 42.2. The van der Waals surface area contributed by atoms with Crippen LogP contribution in [-0.2, 0) is 9.59 Å². The lowest BCUT2D eigenvalue weighted by molar-refractivity contribution is -0.122. The summed E-state index contributed by atoms with van der Waals surface area (Å²) in [5.41, 5.74) is 2.65. The van der Waals surface area contributed by atoms with E-state index in [2.05, 4.69) is 20.5 Å². The van der Waals surface area contributed by atoms with E-state index < -0.39 is 11.8 Å². The third-order valence-corrected chi connectivity index (χ3v) is 7.49. The van der Waals surface area contributed by atoms with Gasteiger partial charge in [0, 0.05) is 47.7 Å². The number of hydrogen-bond acceptors (Lipinski definition) is 7. The number of imide groups is 1. The summed E-state index contributed by atoms with van der Waals surface area (Å²) in [7, 11) is 0. The predicted octanol–water partition coefficient (Wildman–Crippen LogP) is 2.29. The topological polar surface area (TPSA) is 103 Å². The van der Waals surface area contributed by atoms with Gasteiger partial charge in [-0.1, -0.05) is 18.2 Å². The van der Waals surface area contributed by atoms with Crippen molar-refractivity contribution in [3.8, 4) is 0 Å². The molecule has 4 aromatic rings. The first-order valence-corrected chi connectivity index (χ1v) is 11.5. The van der Waals surface area contributed by atoms with Gasteiger partial charge in [-0.2, -0.15) is 0 Å². The van der Waals surface area contributed by atoms with Crippen LogP contribution in [0.25, 0.3) is 32.3 Å². The molecular weight excluding hydrogens is 424 g/mol. The average Bonchev–Trinajstić information content (AvgIpc) is 3.60. The number of carbonyl (C=O) groups is 2. The highest BCUT2D eigenvalue weighted by Crippen LogP contribution is 2.38. The minimum atomic E-state index is -0.422. The van der Waals surface area contributed by atoms with Crippen LogP contribution in [0.3, 0.4) is 0 Å². The van der Waals surface area contributed by atoms with Crippen LogP contribution in [0.15, 0.2) is 41.9 Å². The SMILES string of the molecule is O=C1NC(=O)C(c2c[nH]c3sccc23)=C1c1nc(N2C[C@H]3C[C@@H]2CN3)nc2ccccc12. The Labute approximate surface area is 186 Å². The first kappa shape index (κ1) is 18.1. The highest BCUT2D eigenvalue weighted by Gasteiger charge is 2.40.